The zero-order valence-corrected chi connectivity index (χ0v) is 21.0. The number of anilines is 2. The minimum absolute atomic E-state index is 0.0262. The second-order valence-corrected chi connectivity index (χ2v) is 10.7. The number of aliphatic carboxylic acids is 1. The first-order valence-electron chi connectivity index (χ1n) is 13.2. The number of hydrogen-bond acceptors (Lipinski definition) is 9. The van der Waals surface area contributed by atoms with Gasteiger partial charge >= 0.3 is 5.97 Å². The van der Waals surface area contributed by atoms with E-state index in [9.17, 15) is 33.9 Å². The van der Waals surface area contributed by atoms with Crippen LogP contribution in [0.5, 0.6) is 0 Å². The van der Waals surface area contributed by atoms with E-state index in [0.29, 0.717) is 31.6 Å². The van der Waals surface area contributed by atoms with Crippen LogP contribution < -0.4 is 26.4 Å². The number of fused-ring (bicyclic) bond motifs is 2. The average Bonchev–Trinajstić information content (AvgIpc) is 3.39. The van der Waals surface area contributed by atoms with Crippen molar-refractivity contribution in [2.45, 2.75) is 75.1 Å². The Kier molecular flexibility index (Phi) is 6.97. The van der Waals surface area contributed by atoms with E-state index >= 15 is 0 Å². The molecule has 12 heteroatoms. The second-order valence-electron chi connectivity index (χ2n) is 10.7. The molecule has 2 amide bonds. The molecule has 1 saturated carbocycles. The third kappa shape index (κ3) is 4.56. The molecule has 204 valence electrons. The standard InChI is InChI=1S/C26H32N4O8/c31-14-38-16-11-18-23(34)28-26(25(36)37)12-15(26)7-4-2-1-3-5-8-17(24(35)30(18)13-16)27-19-20(22(33)21(19)32)29-9-6-10-29/h4,7,14-18,27H,1-3,5-6,8-13H2,(H,28,34)(H,36,37)/b7-4-/t15-,16-,17+,18+,26-/m1/s1. The lowest BCUT2D eigenvalue weighted by atomic mass is 10.0. The lowest BCUT2D eigenvalue weighted by molar-refractivity contribution is -0.145. The van der Waals surface area contributed by atoms with Gasteiger partial charge in [-0.25, -0.2) is 4.79 Å². The highest BCUT2D eigenvalue weighted by Crippen LogP contribution is 2.45. The minimum Gasteiger partial charge on any atom is -0.479 e. The van der Waals surface area contributed by atoms with Crippen molar-refractivity contribution >= 4 is 35.6 Å². The summed E-state index contributed by atoms with van der Waals surface area (Å²) in [5, 5.41) is 15.5. The van der Waals surface area contributed by atoms with Crippen LogP contribution in [0.2, 0.25) is 0 Å². The van der Waals surface area contributed by atoms with Crippen molar-refractivity contribution in [1.82, 2.24) is 10.2 Å². The number of allylic oxidation sites excluding steroid dienone is 1. The van der Waals surface area contributed by atoms with E-state index < -0.39 is 52.4 Å². The molecule has 0 spiro atoms. The van der Waals surface area contributed by atoms with Gasteiger partial charge in [-0.1, -0.05) is 25.0 Å². The van der Waals surface area contributed by atoms with Crippen LogP contribution in [0.3, 0.4) is 0 Å². The molecule has 3 fully saturated rings. The van der Waals surface area contributed by atoms with E-state index in [4.69, 9.17) is 4.74 Å². The minimum atomic E-state index is -1.43. The Morgan fingerprint density at radius 1 is 1.13 bits per heavy atom. The molecule has 3 N–H and O–H groups in total. The topological polar surface area (TPSA) is 162 Å². The number of nitrogens with one attached hydrogen (secondary N) is 2. The van der Waals surface area contributed by atoms with Crippen molar-refractivity contribution in [2.24, 2.45) is 5.92 Å². The average molecular weight is 529 g/mol. The maximum Gasteiger partial charge on any atom is 0.330 e. The highest BCUT2D eigenvalue weighted by molar-refractivity contribution is 5.96. The molecule has 2 saturated heterocycles. The fourth-order valence-corrected chi connectivity index (χ4v) is 5.77. The second kappa shape index (κ2) is 10.2. The molecule has 0 radical (unpaired) electrons. The number of carbonyl (C=O) groups is 4. The first-order valence-corrected chi connectivity index (χ1v) is 13.2. The summed E-state index contributed by atoms with van der Waals surface area (Å²) in [5.74, 6) is -2.57. The van der Waals surface area contributed by atoms with E-state index in [1.807, 2.05) is 17.1 Å². The van der Waals surface area contributed by atoms with Crippen molar-refractivity contribution in [3.05, 3.63) is 32.6 Å². The summed E-state index contributed by atoms with van der Waals surface area (Å²) in [6.45, 7) is 1.55. The maximum absolute atomic E-state index is 13.9. The molecule has 0 bridgehead atoms. The SMILES string of the molecule is O=CO[C@@H]1C[C@H]2C(=O)N[C@]3(C(=O)O)C[C@H]3/C=C\CCCCC[C@H](Nc3c(N4CCC4)c(=O)c3=O)C(=O)N2C1. The van der Waals surface area contributed by atoms with Crippen LogP contribution >= 0.6 is 0 Å². The molecule has 4 aliphatic rings. The van der Waals surface area contributed by atoms with Crippen LogP contribution in [-0.2, 0) is 23.9 Å². The molecule has 3 heterocycles. The van der Waals surface area contributed by atoms with Crippen LogP contribution in [0.4, 0.5) is 11.4 Å². The fourth-order valence-electron chi connectivity index (χ4n) is 5.77. The number of ether oxygens (including phenoxy) is 1. The quantitative estimate of drug-likeness (QED) is 0.258. The molecule has 5 atom stereocenters. The van der Waals surface area contributed by atoms with Crippen LogP contribution in [-0.4, -0.2) is 77.6 Å². The van der Waals surface area contributed by atoms with Gasteiger partial charge in [0.15, 0.2) is 0 Å². The van der Waals surface area contributed by atoms with E-state index in [0.717, 1.165) is 25.7 Å². The van der Waals surface area contributed by atoms with Gasteiger partial charge in [-0.3, -0.25) is 24.0 Å². The molecule has 0 aromatic heterocycles. The molecule has 12 nitrogen and oxygen atoms in total. The zero-order chi connectivity index (χ0) is 27.0. The summed E-state index contributed by atoms with van der Waals surface area (Å²) >= 11 is 0. The Hall–Kier alpha value is -3.70. The van der Waals surface area contributed by atoms with Gasteiger partial charge in [0, 0.05) is 25.4 Å². The number of nitrogens with zero attached hydrogens (tertiary/aromatic N) is 2. The summed E-state index contributed by atoms with van der Waals surface area (Å²) in [4.78, 5) is 78.2. The first-order chi connectivity index (χ1) is 18.3. The van der Waals surface area contributed by atoms with Gasteiger partial charge in [0.1, 0.15) is 35.1 Å². The van der Waals surface area contributed by atoms with Crippen LogP contribution in [0, 0.1) is 5.92 Å². The third-order valence-electron chi connectivity index (χ3n) is 8.25. The summed E-state index contributed by atoms with van der Waals surface area (Å²) in [6, 6.07) is -1.93. The van der Waals surface area contributed by atoms with Crippen molar-refractivity contribution < 1.29 is 29.0 Å². The van der Waals surface area contributed by atoms with Crippen LogP contribution in [0.1, 0.15) is 51.4 Å². The van der Waals surface area contributed by atoms with Crippen molar-refractivity contribution in [1.29, 1.82) is 0 Å². The maximum atomic E-state index is 13.9. The molecule has 1 aliphatic carbocycles. The Morgan fingerprint density at radius 3 is 2.61 bits per heavy atom. The van der Waals surface area contributed by atoms with E-state index in [1.165, 1.54) is 4.90 Å². The predicted octanol–water partition coefficient (Wildman–Crippen LogP) is -0.104. The van der Waals surface area contributed by atoms with Gasteiger partial charge in [0.05, 0.1) is 6.54 Å². The summed E-state index contributed by atoms with van der Waals surface area (Å²) < 4.78 is 5.08. The molecule has 3 aliphatic heterocycles. The predicted molar refractivity (Wildman–Crippen MR) is 135 cm³/mol. The van der Waals surface area contributed by atoms with Gasteiger partial charge in [-0.2, -0.15) is 0 Å². The van der Waals surface area contributed by atoms with Crippen LogP contribution in [0.25, 0.3) is 0 Å². The summed E-state index contributed by atoms with van der Waals surface area (Å²) in [5.41, 5.74) is -2.24. The number of rotatable bonds is 6. The van der Waals surface area contributed by atoms with Gasteiger partial charge in [0.2, 0.25) is 11.8 Å². The molecule has 38 heavy (non-hydrogen) atoms. The van der Waals surface area contributed by atoms with Gasteiger partial charge in [-0.05, 0) is 32.1 Å². The molecular weight excluding hydrogens is 496 g/mol. The number of carboxylic acids is 1. The Morgan fingerprint density at radius 2 is 1.92 bits per heavy atom. The van der Waals surface area contributed by atoms with Gasteiger partial charge in [0.25, 0.3) is 17.3 Å². The Bertz CT molecular complexity index is 1230. The van der Waals surface area contributed by atoms with Gasteiger partial charge in [-0.15, -0.1) is 0 Å². The molecule has 5 rings (SSSR count). The molecule has 1 aromatic carbocycles. The fraction of sp³-hybridized carbons (Fsp3) is 0.615. The zero-order valence-electron chi connectivity index (χ0n) is 21.0. The highest BCUT2D eigenvalue weighted by Gasteiger charge is 2.61. The molecule has 1 aromatic rings. The normalized spacial score (nSPS) is 32.6. The van der Waals surface area contributed by atoms with Gasteiger partial charge < -0.3 is 30.3 Å². The Balaban J connectivity index is 1.43. The summed E-state index contributed by atoms with van der Waals surface area (Å²) in [6.07, 6.45) is 7.62. The molecule has 0 unspecified atom stereocenters. The van der Waals surface area contributed by atoms with Crippen molar-refractivity contribution in [3.8, 4) is 0 Å². The molecular formula is C26H32N4O8. The van der Waals surface area contributed by atoms with Crippen molar-refractivity contribution in [2.75, 3.05) is 29.9 Å². The lowest BCUT2D eigenvalue weighted by Gasteiger charge is -2.36. The number of amides is 2. The summed E-state index contributed by atoms with van der Waals surface area (Å²) in [7, 11) is 0. The number of carboxylic acid groups (broad SMARTS) is 1. The van der Waals surface area contributed by atoms with Crippen LogP contribution in [0.15, 0.2) is 21.7 Å². The third-order valence-corrected chi connectivity index (χ3v) is 8.25. The van der Waals surface area contributed by atoms with E-state index in [-0.39, 0.29) is 37.5 Å². The van der Waals surface area contributed by atoms with Crippen molar-refractivity contribution in [3.63, 3.8) is 0 Å². The number of carbonyl (C=O) groups excluding carboxylic acids is 3. The highest BCUT2D eigenvalue weighted by atomic mass is 16.5. The Labute approximate surface area is 218 Å². The van der Waals surface area contributed by atoms with E-state index in [2.05, 4.69) is 10.6 Å². The van der Waals surface area contributed by atoms with E-state index in [1.54, 1.807) is 0 Å². The number of hydrogen-bond donors (Lipinski definition) is 3. The monoisotopic (exact) mass is 528 g/mol. The lowest BCUT2D eigenvalue weighted by Crippen LogP contribution is -2.55. The first kappa shape index (κ1) is 25.9. The largest absolute Gasteiger partial charge is 0.479 e. The smallest absolute Gasteiger partial charge is 0.330 e.